The van der Waals surface area contributed by atoms with Gasteiger partial charge in [-0.15, -0.1) is 0 Å². The molecule has 17 heavy (non-hydrogen) atoms. The maximum atomic E-state index is 6.18. The first-order valence-electron chi connectivity index (χ1n) is 5.45. The molecule has 0 unspecified atom stereocenters. The van der Waals surface area contributed by atoms with E-state index < -0.39 is 0 Å². The van der Waals surface area contributed by atoms with Gasteiger partial charge in [0.2, 0.25) is 0 Å². The lowest BCUT2D eigenvalue weighted by Crippen LogP contribution is -2.06. The molecule has 2 rings (SSSR count). The molecular formula is C11H15ClN4O. The minimum atomic E-state index is 0.402. The first kappa shape index (κ1) is 12.0. The van der Waals surface area contributed by atoms with Crippen LogP contribution < -0.4 is 4.74 Å². The Hall–Kier alpha value is -1.49. The number of nitrogens with zero attached hydrogens (tertiary/aromatic N) is 4. The molecule has 2 aromatic rings. The molecule has 2 heterocycles. The molecule has 0 atom stereocenters. The summed E-state index contributed by atoms with van der Waals surface area (Å²) in [6.45, 7) is 5.09. The fourth-order valence-electron chi connectivity index (χ4n) is 1.63. The van der Waals surface area contributed by atoms with Crippen molar-refractivity contribution in [3.05, 3.63) is 28.8 Å². The number of aryl methyl sites for hydroxylation is 3. The second kappa shape index (κ2) is 4.79. The van der Waals surface area contributed by atoms with Gasteiger partial charge in [-0.2, -0.15) is 10.2 Å². The fourth-order valence-corrected chi connectivity index (χ4v) is 1.82. The quantitative estimate of drug-likeness (QED) is 0.840. The van der Waals surface area contributed by atoms with E-state index in [1.165, 1.54) is 0 Å². The molecule has 0 fully saturated rings. The van der Waals surface area contributed by atoms with E-state index in [1.54, 1.807) is 10.9 Å². The predicted octanol–water partition coefficient (Wildman–Crippen LogP) is 2.18. The van der Waals surface area contributed by atoms with Gasteiger partial charge in [-0.1, -0.05) is 11.6 Å². The number of rotatable bonds is 4. The van der Waals surface area contributed by atoms with Crippen molar-refractivity contribution >= 4 is 11.6 Å². The van der Waals surface area contributed by atoms with Gasteiger partial charge in [-0.05, 0) is 13.8 Å². The third-order valence-electron chi connectivity index (χ3n) is 2.51. The topological polar surface area (TPSA) is 44.9 Å². The van der Waals surface area contributed by atoms with Crippen LogP contribution in [0.3, 0.4) is 0 Å². The summed E-state index contributed by atoms with van der Waals surface area (Å²) in [5.74, 6) is 0.727. The van der Waals surface area contributed by atoms with Crippen LogP contribution in [0.1, 0.15) is 18.3 Å². The highest BCUT2D eigenvalue weighted by Crippen LogP contribution is 2.22. The maximum Gasteiger partial charge on any atom is 0.157 e. The predicted molar refractivity (Wildman–Crippen MR) is 65.2 cm³/mol. The minimum absolute atomic E-state index is 0.402. The molecule has 0 spiro atoms. The summed E-state index contributed by atoms with van der Waals surface area (Å²) in [5.41, 5.74) is 1.73. The van der Waals surface area contributed by atoms with Gasteiger partial charge in [-0.25, -0.2) is 0 Å². The highest BCUT2D eigenvalue weighted by Gasteiger charge is 2.13. The van der Waals surface area contributed by atoms with Gasteiger partial charge in [0.05, 0.1) is 28.8 Å². The van der Waals surface area contributed by atoms with Crippen molar-refractivity contribution in [2.75, 3.05) is 0 Å². The molecule has 92 valence electrons. The number of hydrogen-bond acceptors (Lipinski definition) is 3. The summed E-state index contributed by atoms with van der Waals surface area (Å²) >= 11 is 6.18. The van der Waals surface area contributed by atoms with E-state index in [0.717, 1.165) is 23.7 Å². The number of ether oxygens (including phenoxy) is 1. The van der Waals surface area contributed by atoms with E-state index in [-0.39, 0.29) is 0 Å². The molecule has 0 saturated heterocycles. The van der Waals surface area contributed by atoms with Gasteiger partial charge in [-0.3, -0.25) is 9.36 Å². The van der Waals surface area contributed by atoms with Gasteiger partial charge < -0.3 is 4.74 Å². The monoisotopic (exact) mass is 254 g/mol. The van der Waals surface area contributed by atoms with Gasteiger partial charge in [0.1, 0.15) is 6.61 Å². The molecule has 0 radical (unpaired) electrons. The normalized spacial score (nSPS) is 10.8. The van der Waals surface area contributed by atoms with Crippen molar-refractivity contribution in [3.8, 4) is 5.75 Å². The molecular weight excluding hydrogens is 240 g/mol. The molecule has 0 aliphatic carbocycles. The largest absolute Gasteiger partial charge is 0.484 e. The number of halogens is 1. The van der Waals surface area contributed by atoms with E-state index in [4.69, 9.17) is 16.3 Å². The Labute approximate surface area is 105 Å². The molecule has 0 amide bonds. The third-order valence-corrected chi connectivity index (χ3v) is 3.00. The van der Waals surface area contributed by atoms with Gasteiger partial charge in [0, 0.05) is 13.6 Å². The molecule has 0 aliphatic heterocycles. The summed E-state index contributed by atoms with van der Waals surface area (Å²) in [7, 11) is 1.85. The minimum Gasteiger partial charge on any atom is -0.484 e. The fraction of sp³-hybridized carbons (Fsp3) is 0.455. The van der Waals surface area contributed by atoms with E-state index in [0.29, 0.717) is 11.6 Å². The van der Waals surface area contributed by atoms with Crippen LogP contribution in [0.4, 0.5) is 0 Å². The Balaban J connectivity index is 2.13. The van der Waals surface area contributed by atoms with Crippen molar-refractivity contribution in [2.45, 2.75) is 27.0 Å². The van der Waals surface area contributed by atoms with Crippen LogP contribution in [0.5, 0.6) is 5.75 Å². The molecule has 2 aromatic heterocycles. The Bertz CT molecular complexity index is 518. The molecule has 5 nitrogen and oxygen atoms in total. The molecule has 0 aromatic carbocycles. The second-order valence-corrected chi connectivity index (χ2v) is 4.18. The molecule has 0 bridgehead atoms. The summed E-state index contributed by atoms with van der Waals surface area (Å²) < 4.78 is 9.17. The van der Waals surface area contributed by atoms with Crippen LogP contribution in [0.15, 0.2) is 12.4 Å². The van der Waals surface area contributed by atoms with Crippen LogP contribution in [-0.4, -0.2) is 19.6 Å². The van der Waals surface area contributed by atoms with Gasteiger partial charge >= 0.3 is 0 Å². The van der Waals surface area contributed by atoms with E-state index in [1.807, 2.05) is 31.8 Å². The Morgan fingerprint density at radius 3 is 2.82 bits per heavy atom. The van der Waals surface area contributed by atoms with E-state index >= 15 is 0 Å². The lowest BCUT2D eigenvalue weighted by atomic mass is 10.4. The number of aromatic nitrogens is 4. The smallest absolute Gasteiger partial charge is 0.157 e. The zero-order chi connectivity index (χ0) is 12.4. The SMILES string of the molecule is CCn1nc(C)c(Cl)c1COc1cnn(C)c1. The maximum absolute atomic E-state index is 6.18. The first-order chi connectivity index (χ1) is 8.11. The summed E-state index contributed by atoms with van der Waals surface area (Å²) in [4.78, 5) is 0. The summed E-state index contributed by atoms with van der Waals surface area (Å²) in [6, 6.07) is 0. The highest BCUT2D eigenvalue weighted by molar-refractivity contribution is 6.31. The van der Waals surface area contributed by atoms with E-state index in [9.17, 15) is 0 Å². The second-order valence-electron chi connectivity index (χ2n) is 3.80. The zero-order valence-corrected chi connectivity index (χ0v) is 10.9. The third kappa shape index (κ3) is 2.44. The van der Waals surface area contributed by atoms with Crippen LogP contribution in [-0.2, 0) is 20.2 Å². The van der Waals surface area contributed by atoms with Crippen molar-refractivity contribution in [3.63, 3.8) is 0 Å². The number of hydrogen-bond donors (Lipinski definition) is 0. The Morgan fingerprint density at radius 1 is 1.47 bits per heavy atom. The van der Waals surface area contributed by atoms with Crippen molar-refractivity contribution < 1.29 is 4.74 Å². The van der Waals surface area contributed by atoms with Gasteiger partial charge in [0.25, 0.3) is 0 Å². The molecule has 0 saturated carbocycles. The Morgan fingerprint density at radius 2 is 2.24 bits per heavy atom. The lowest BCUT2D eigenvalue weighted by Gasteiger charge is -2.06. The van der Waals surface area contributed by atoms with Crippen molar-refractivity contribution in [1.82, 2.24) is 19.6 Å². The van der Waals surface area contributed by atoms with E-state index in [2.05, 4.69) is 10.2 Å². The zero-order valence-electron chi connectivity index (χ0n) is 10.1. The molecule has 0 aliphatic rings. The van der Waals surface area contributed by atoms with Crippen LogP contribution in [0, 0.1) is 6.92 Å². The average Bonchev–Trinajstić information content (AvgIpc) is 2.83. The Kier molecular flexibility index (Phi) is 3.38. The summed E-state index contributed by atoms with van der Waals surface area (Å²) in [6.07, 6.45) is 3.49. The lowest BCUT2D eigenvalue weighted by molar-refractivity contribution is 0.292. The van der Waals surface area contributed by atoms with Crippen molar-refractivity contribution in [1.29, 1.82) is 0 Å². The van der Waals surface area contributed by atoms with Crippen LogP contribution >= 0.6 is 11.6 Å². The highest BCUT2D eigenvalue weighted by atomic mass is 35.5. The molecule has 0 N–H and O–H groups in total. The average molecular weight is 255 g/mol. The first-order valence-corrected chi connectivity index (χ1v) is 5.82. The van der Waals surface area contributed by atoms with Crippen molar-refractivity contribution in [2.24, 2.45) is 7.05 Å². The molecule has 6 heteroatoms. The van der Waals surface area contributed by atoms with Gasteiger partial charge in [0.15, 0.2) is 5.75 Å². The van der Waals surface area contributed by atoms with Crippen LogP contribution in [0.2, 0.25) is 5.02 Å². The summed E-state index contributed by atoms with van der Waals surface area (Å²) in [5, 5.41) is 9.04. The standard InChI is InChI=1S/C11H15ClN4O/c1-4-16-10(11(12)8(2)14-16)7-17-9-5-13-15(3)6-9/h5-6H,4,7H2,1-3H3. The van der Waals surface area contributed by atoms with Crippen LogP contribution in [0.25, 0.3) is 0 Å².